The van der Waals surface area contributed by atoms with Crippen LogP contribution in [0.4, 0.5) is 5.82 Å². The van der Waals surface area contributed by atoms with E-state index in [0.29, 0.717) is 5.82 Å². The molecule has 0 aliphatic rings. The second-order valence-electron chi connectivity index (χ2n) is 5.02. The number of carboxylic acids is 1. The molecule has 2 rings (SSSR count). The second-order valence-corrected chi connectivity index (χ2v) is 5.02. The third-order valence-corrected chi connectivity index (χ3v) is 2.92. The normalized spacial score (nSPS) is 10.6. The van der Waals surface area contributed by atoms with E-state index in [2.05, 4.69) is 10.3 Å². The smallest absolute Gasteiger partial charge is 0.339 e. The van der Waals surface area contributed by atoms with Gasteiger partial charge in [0.25, 0.3) is 0 Å². The molecule has 20 heavy (non-hydrogen) atoms. The lowest BCUT2D eigenvalue weighted by Crippen LogP contribution is -2.15. The minimum Gasteiger partial charge on any atom is -0.478 e. The summed E-state index contributed by atoms with van der Waals surface area (Å²) in [6.07, 6.45) is 0. The van der Waals surface area contributed by atoms with Crippen LogP contribution < -0.4 is 5.32 Å². The number of carbonyl (C=O) groups is 1. The zero-order valence-electron chi connectivity index (χ0n) is 11.8. The van der Waals surface area contributed by atoms with E-state index in [1.54, 1.807) is 6.07 Å². The van der Waals surface area contributed by atoms with E-state index in [-0.39, 0.29) is 11.6 Å². The van der Waals surface area contributed by atoms with Crippen molar-refractivity contribution in [2.45, 2.75) is 26.8 Å². The molecule has 0 amide bonds. The number of nitrogens with one attached hydrogen (secondary N) is 1. The summed E-state index contributed by atoms with van der Waals surface area (Å²) in [5.74, 6) is -0.555. The number of aryl methyl sites for hydroxylation is 1. The van der Waals surface area contributed by atoms with Crippen molar-refractivity contribution < 1.29 is 9.90 Å². The summed E-state index contributed by atoms with van der Waals surface area (Å²) < 4.78 is 0. The maximum Gasteiger partial charge on any atom is 0.339 e. The maximum atomic E-state index is 11.3. The van der Waals surface area contributed by atoms with Crippen LogP contribution in [0.1, 0.15) is 29.8 Å². The van der Waals surface area contributed by atoms with Crippen molar-refractivity contribution in [3.63, 3.8) is 0 Å². The molecule has 0 saturated heterocycles. The van der Waals surface area contributed by atoms with Crippen molar-refractivity contribution in [1.82, 2.24) is 4.98 Å². The number of anilines is 1. The lowest BCUT2D eigenvalue weighted by molar-refractivity contribution is 0.0697. The first-order chi connectivity index (χ1) is 9.49. The van der Waals surface area contributed by atoms with E-state index in [4.69, 9.17) is 0 Å². The summed E-state index contributed by atoms with van der Waals surface area (Å²) in [6.45, 7) is 5.78. The van der Waals surface area contributed by atoms with Gasteiger partial charge < -0.3 is 10.4 Å². The molecule has 0 atom stereocenters. The topological polar surface area (TPSA) is 62.2 Å². The summed E-state index contributed by atoms with van der Waals surface area (Å²) in [6, 6.07) is 11.5. The standard InChI is InChI=1S/C16H18N2O2/c1-10(2)17-15-13(16(19)20)9-11(3)14(18-15)12-7-5-4-6-8-12/h4-10H,1-3H3,(H,17,18)(H,19,20). The van der Waals surface area contributed by atoms with E-state index in [9.17, 15) is 9.90 Å². The Morgan fingerprint density at radius 1 is 1.25 bits per heavy atom. The Morgan fingerprint density at radius 3 is 2.45 bits per heavy atom. The van der Waals surface area contributed by atoms with Gasteiger partial charge >= 0.3 is 5.97 Å². The Labute approximate surface area is 118 Å². The molecule has 2 N–H and O–H groups in total. The molecule has 104 valence electrons. The van der Waals surface area contributed by atoms with Gasteiger partial charge in [-0.15, -0.1) is 0 Å². The molecule has 4 nitrogen and oxygen atoms in total. The predicted octanol–water partition coefficient (Wildman–Crippen LogP) is 3.58. The number of rotatable bonds is 4. The summed E-state index contributed by atoms with van der Waals surface area (Å²) in [5.41, 5.74) is 2.84. The molecule has 4 heteroatoms. The molecule has 1 aromatic heterocycles. The fraction of sp³-hybridized carbons (Fsp3) is 0.250. The Morgan fingerprint density at radius 2 is 1.90 bits per heavy atom. The van der Waals surface area contributed by atoms with Gasteiger partial charge in [-0.3, -0.25) is 0 Å². The molecule has 0 fully saturated rings. The molecular weight excluding hydrogens is 252 g/mol. The van der Waals surface area contributed by atoms with Crippen LogP contribution in [0.5, 0.6) is 0 Å². The van der Waals surface area contributed by atoms with Gasteiger partial charge in [-0.2, -0.15) is 0 Å². The van der Waals surface area contributed by atoms with Crippen LogP contribution in [0, 0.1) is 6.92 Å². The number of hydrogen-bond acceptors (Lipinski definition) is 3. The third kappa shape index (κ3) is 2.96. The van der Waals surface area contributed by atoms with Gasteiger partial charge in [-0.1, -0.05) is 30.3 Å². The van der Waals surface area contributed by atoms with Crippen molar-refractivity contribution in [3.05, 3.63) is 47.5 Å². The van der Waals surface area contributed by atoms with E-state index < -0.39 is 5.97 Å². The summed E-state index contributed by atoms with van der Waals surface area (Å²) in [5, 5.41) is 12.4. The van der Waals surface area contributed by atoms with Crippen LogP contribution in [-0.2, 0) is 0 Å². The quantitative estimate of drug-likeness (QED) is 0.891. The lowest BCUT2D eigenvalue weighted by Gasteiger charge is -2.15. The zero-order chi connectivity index (χ0) is 14.7. The largest absolute Gasteiger partial charge is 0.478 e. The summed E-state index contributed by atoms with van der Waals surface area (Å²) in [4.78, 5) is 15.8. The number of hydrogen-bond donors (Lipinski definition) is 2. The highest BCUT2D eigenvalue weighted by atomic mass is 16.4. The van der Waals surface area contributed by atoms with E-state index in [1.807, 2.05) is 51.1 Å². The van der Waals surface area contributed by atoms with Crippen LogP contribution in [0.15, 0.2) is 36.4 Å². The van der Waals surface area contributed by atoms with Crippen LogP contribution in [0.2, 0.25) is 0 Å². The van der Waals surface area contributed by atoms with Gasteiger partial charge in [-0.05, 0) is 32.4 Å². The molecule has 0 bridgehead atoms. The average Bonchev–Trinajstić information content (AvgIpc) is 2.40. The van der Waals surface area contributed by atoms with Crippen molar-refractivity contribution in [2.75, 3.05) is 5.32 Å². The molecule has 1 aromatic carbocycles. The first kappa shape index (κ1) is 14.1. The number of nitrogens with zero attached hydrogens (tertiary/aromatic N) is 1. The first-order valence-corrected chi connectivity index (χ1v) is 6.56. The Balaban J connectivity index is 2.57. The highest BCUT2D eigenvalue weighted by Gasteiger charge is 2.16. The zero-order valence-corrected chi connectivity index (χ0v) is 11.8. The van der Waals surface area contributed by atoms with Crippen molar-refractivity contribution >= 4 is 11.8 Å². The van der Waals surface area contributed by atoms with E-state index in [1.165, 1.54) is 0 Å². The van der Waals surface area contributed by atoms with Gasteiger partial charge in [0.2, 0.25) is 0 Å². The molecular formula is C16H18N2O2. The van der Waals surface area contributed by atoms with E-state index >= 15 is 0 Å². The highest BCUT2D eigenvalue weighted by Crippen LogP contribution is 2.26. The Kier molecular flexibility index (Phi) is 4.03. The third-order valence-electron chi connectivity index (χ3n) is 2.92. The van der Waals surface area contributed by atoms with Crippen LogP contribution >= 0.6 is 0 Å². The monoisotopic (exact) mass is 270 g/mol. The van der Waals surface area contributed by atoms with Crippen LogP contribution in [0.3, 0.4) is 0 Å². The molecule has 0 radical (unpaired) electrons. The maximum absolute atomic E-state index is 11.3. The Bertz CT molecular complexity index is 622. The van der Waals surface area contributed by atoms with Crippen LogP contribution in [0.25, 0.3) is 11.3 Å². The summed E-state index contributed by atoms with van der Waals surface area (Å²) >= 11 is 0. The summed E-state index contributed by atoms with van der Waals surface area (Å²) in [7, 11) is 0. The van der Waals surface area contributed by atoms with Crippen molar-refractivity contribution in [3.8, 4) is 11.3 Å². The molecule has 0 saturated carbocycles. The Hall–Kier alpha value is -2.36. The number of pyridine rings is 1. The highest BCUT2D eigenvalue weighted by molar-refractivity contribution is 5.94. The fourth-order valence-corrected chi connectivity index (χ4v) is 2.05. The molecule has 0 spiro atoms. The molecule has 0 aliphatic heterocycles. The van der Waals surface area contributed by atoms with Gasteiger partial charge in [0.15, 0.2) is 0 Å². The van der Waals surface area contributed by atoms with Crippen molar-refractivity contribution in [2.24, 2.45) is 0 Å². The predicted molar refractivity (Wildman–Crippen MR) is 80.1 cm³/mol. The van der Waals surface area contributed by atoms with Gasteiger partial charge in [0, 0.05) is 11.6 Å². The SMILES string of the molecule is Cc1cc(C(=O)O)c(NC(C)C)nc1-c1ccccc1. The molecule has 1 heterocycles. The number of benzene rings is 1. The lowest BCUT2D eigenvalue weighted by atomic mass is 10.0. The minimum atomic E-state index is -0.969. The second kappa shape index (κ2) is 5.74. The molecule has 0 unspecified atom stereocenters. The van der Waals surface area contributed by atoms with Gasteiger partial charge in [0.1, 0.15) is 11.4 Å². The number of aromatic carboxylic acids is 1. The van der Waals surface area contributed by atoms with Gasteiger partial charge in [-0.25, -0.2) is 9.78 Å². The van der Waals surface area contributed by atoms with E-state index in [0.717, 1.165) is 16.8 Å². The van der Waals surface area contributed by atoms with Crippen LogP contribution in [-0.4, -0.2) is 22.1 Å². The fourth-order valence-electron chi connectivity index (χ4n) is 2.05. The molecule has 0 aliphatic carbocycles. The first-order valence-electron chi connectivity index (χ1n) is 6.56. The van der Waals surface area contributed by atoms with Crippen molar-refractivity contribution in [1.29, 1.82) is 0 Å². The average molecular weight is 270 g/mol. The number of carboxylic acid groups (broad SMARTS) is 1. The number of aromatic nitrogens is 1. The minimum absolute atomic E-state index is 0.118. The molecule has 2 aromatic rings. The van der Waals surface area contributed by atoms with Gasteiger partial charge in [0.05, 0.1) is 5.69 Å².